The van der Waals surface area contributed by atoms with E-state index in [1.807, 2.05) is 6.07 Å². The fourth-order valence-electron chi connectivity index (χ4n) is 2.66. The lowest BCUT2D eigenvalue weighted by Crippen LogP contribution is -2.39. The molecule has 1 heterocycles. The zero-order valence-corrected chi connectivity index (χ0v) is 12.7. The van der Waals surface area contributed by atoms with E-state index in [0.29, 0.717) is 0 Å². The second-order valence-electron chi connectivity index (χ2n) is 5.27. The van der Waals surface area contributed by atoms with E-state index in [0.717, 1.165) is 25.7 Å². The van der Waals surface area contributed by atoms with Crippen LogP contribution in [0.5, 0.6) is 0 Å². The molecule has 0 aliphatic heterocycles. The van der Waals surface area contributed by atoms with Gasteiger partial charge in [0, 0.05) is 6.04 Å². The summed E-state index contributed by atoms with van der Waals surface area (Å²) in [5, 5.41) is 14.6. The van der Waals surface area contributed by atoms with E-state index >= 15 is 0 Å². The van der Waals surface area contributed by atoms with Crippen molar-refractivity contribution in [3.8, 4) is 6.07 Å². The zero-order chi connectivity index (χ0) is 16.1. The Morgan fingerprint density at radius 2 is 2.00 bits per heavy atom. The van der Waals surface area contributed by atoms with Crippen molar-refractivity contribution < 1.29 is 18.7 Å². The summed E-state index contributed by atoms with van der Waals surface area (Å²) in [5.74, 6) is -0.469. The Morgan fingerprint density at radius 1 is 1.32 bits per heavy atom. The predicted octanol–water partition coefficient (Wildman–Crippen LogP) is 2.70. The van der Waals surface area contributed by atoms with E-state index in [9.17, 15) is 14.9 Å². The Bertz CT molecular complexity index is 609. The third-order valence-corrected chi connectivity index (χ3v) is 3.75. The molecule has 118 valence electrons. The SMILES string of the molecule is COC(=O)c1c(C)oc(NC(=O)NC2CCCCC2)c1C#N. The summed E-state index contributed by atoms with van der Waals surface area (Å²) < 4.78 is 9.95. The number of hydrogen-bond acceptors (Lipinski definition) is 5. The van der Waals surface area contributed by atoms with Gasteiger partial charge >= 0.3 is 12.0 Å². The van der Waals surface area contributed by atoms with Crippen molar-refractivity contribution in [1.29, 1.82) is 5.26 Å². The van der Waals surface area contributed by atoms with Crippen molar-refractivity contribution in [1.82, 2.24) is 5.32 Å². The van der Waals surface area contributed by atoms with Gasteiger partial charge in [-0.05, 0) is 19.8 Å². The van der Waals surface area contributed by atoms with Crippen LogP contribution in [0.15, 0.2) is 4.42 Å². The lowest BCUT2D eigenvalue weighted by atomic mass is 9.96. The molecule has 0 saturated heterocycles. The van der Waals surface area contributed by atoms with Crippen molar-refractivity contribution >= 4 is 17.9 Å². The molecule has 2 amide bonds. The summed E-state index contributed by atoms with van der Waals surface area (Å²) in [4.78, 5) is 23.7. The summed E-state index contributed by atoms with van der Waals surface area (Å²) in [6, 6.07) is 1.57. The van der Waals surface area contributed by atoms with Gasteiger partial charge in [-0.15, -0.1) is 0 Å². The molecule has 1 aromatic rings. The van der Waals surface area contributed by atoms with Crippen LogP contribution in [-0.4, -0.2) is 25.2 Å². The first-order valence-electron chi connectivity index (χ1n) is 7.26. The summed E-state index contributed by atoms with van der Waals surface area (Å²) in [7, 11) is 1.22. The monoisotopic (exact) mass is 305 g/mol. The van der Waals surface area contributed by atoms with Gasteiger partial charge in [0.2, 0.25) is 5.88 Å². The molecule has 0 aromatic carbocycles. The lowest BCUT2D eigenvalue weighted by molar-refractivity contribution is 0.0598. The van der Waals surface area contributed by atoms with Gasteiger partial charge < -0.3 is 14.5 Å². The molecular weight excluding hydrogens is 286 g/mol. The number of carbonyl (C=O) groups excluding carboxylic acids is 2. The Hall–Kier alpha value is -2.49. The number of hydrogen-bond donors (Lipinski definition) is 2. The Kier molecular flexibility index (Phi) is 5.04. The molecule has 22 heavy (non-hydrogen) atoms. The van der Waals surface area contributed by atoms with E-state index < -0.39 is 12.0 Å². The van der Waals surface area contributed by atoms with Crippen LogP contribution in [0.25, 0.3) is 0 Å². The van der Waals surface area contributed by atoms with Crippen LogP contribution in [0, 0.1) is 18.3 Å². The normalized spacial score (nSPS) is 15.0. The molecule has 1 aliphatic carbocycles. The molecule has 1 fully saturated rings. The van der Waals surface area contributed by atoms with Gasteiger partial charge in [0.15, 0.2) is 0 Å². The molecule has 7 nitrogen and oxygen atoms in total. The maximum atomic E-state index is 12.0. The van der Waals surface area contributed by atoms with Crippen LogP contribution in [-0.2, 0) is 4.74 Å². The molecule has 0 unspecified atom stereocenters. The molecule has 0 radical (unpaired) electrons. The number of urea groups is 1. The number of methoxy groups -OCH3 is 1. The van der Waals surface area contributed by atoms with Crippen molar-refractivity contribution in [2.75, 3.05) is 12.4 Å². The third kappa shape index (κ3) is 3.39. The second kappa shape index (κ2) is 6.98. The number of carbonyl (C=O) groups is 2. The minimum atomic E-state index is -0.668. The number of anilines is 1. The fourth-order valence-corrected chi connectivity index (χ4v) is 2.66. The highest BCUT2D eigenvalue weighted by Gasteiger charge is 2.26. The maximum absolute atomic E-state index is 12.0. The van der Waals surface area contributed by atoms with Crippen LogP contribution >= 0.6 is 0 Å². The highest BCUT2D eigenvalue weighted by Crippen LogP contribution is 2.27. The highest BCUT2D eigenvalue weighted by molar-refractivity contribution is 5.97. The van der Waals surface area contributed by atoms with Crippen LogP contribution in [0.1, 0.15) is 53.8 Å². The molecule has 2 rings (SSSR count). The predicted molar refractivity (Wildman–Crippen MR) is 78.5 cm³/mol. The largest absolute Gasteiger partial charge is 0.465 e. The Morgan fingerprint density at radius 3 is 2.59 bits per heavy atom. The van der Waals surface area contributed by atoms with Crippen molar-refractivity contribution in [3.05, 3.63) is 16.9 Å². The highest BCUT2D eigenvalue weighted by atomic mass is 16.5. The molecule has 0 bridgehead atoms. The first-order valence-corrected chi connectivity index (χ1v) is 7.26. The van der Waals surface area contributed by atoms with Gasteiger partial charge in [0.25, 0.3) is 0 Å². The minimum absolute atomic E-state index is 0.0249. The first kappa shape index (κ1) is 15.9. The quantitative estimate of drug-likeness (QED) is 0.835. The van der Waals surface area contributed by atoms with E-state index in [4.69, 9.17) is 4.42 Å². The summed E-state index contributed by atoms with van der Waals surface area (Å²) in [6.45, 7) is 1.54. The van der Waals surface area contributed by atoms with Gasteiger partial charge in [-0.3, -0.25) is 5.32 Å². The number of rotatable bonds is 3. The van der Waals surface area contributed by atoms with E-state index in [1.54, 1.807) is 0 Å². The average molecular weight is 305 g/mol. The van der Waals surface area contributed by atoms with E-state index in [-0.39, 0.29) is 28.8 Å². The molecule has 1 saturated carbocycles. The van der Waals surface area contributed by atoms with Gasteiger partial charge in [0.05, 0.1) is 7.11 Å². The molecule has 7 heteroatoms. The summed E-state index contributed by atoms with van der Waals surface area (Å²) >= 11 is 0. The molecule has 0 atom stereocenters. The van der Waals surface area contributed by atoms with Crippen molar-refractivity contribution in [2.24, 2.45) is 0 Å². The minimum Gasteiger partial charge on any atom is -0.465 e. The van der Waals surface area contributed by atoms with Crippen molar-refractivity contribution in [2.45, 2.75) is 45.1 Å². The topological polar surface area (TPSA) is 104 Å². The van der Waals surface area contributed by atoms with E-state index in [2.05, 4.69) is 15.4 Å². The molecule has 0 spiro atoms. The van der Waals surface area contributed by atoms with Crippen LogP contribution in [0.2, 0.25) is 0 Å². The number of nitrogens with one attached hydrogen (secondary N) is 2. The van der Waals surface area contributed by atoms with Crippen LogP contribution < -0.4 is 10.6 Å². The van der Waals surface area contributed by atoms with Gasteiger partial charge in [-0.25, -0.2) is 9.59 Å². The van der Waals surface area contributed by atoms with E-state index in [1.165, 1.54) is 20.5 Å². The van der Waals surface area contributed by atoms with Crippen LogP contribution in [0.3, 0.4) is 0 Å². The number of aryl methyl sites for hydroxylation is 1. The molecule has 2 N–H and O–H groups in total. The molecule has 1 aromatic heterocycles. The number of ether oxygens (including phenoxy) is 1. The zero-order valence-electron chi connectivity index (χ0n) is 12.7. The standard InChI is InChI=1S/C15H19N3O4/c1-9-12(14(19)21-2)11(8-16)13(22-9)18-15(20)17-10-6-4-3-5-7-10/h10H,3-7H2,1-2H3,(H2,17,18,20). The number of nitriles is 1. The summed E-state index contributed by atoms with van der Waals surface area (Å²) in [5.41, 5.74) is 0.0149. The number of nitrogens with zero attached hydrogens (tertiary/aromatic N) is 1. The maximum Gasteiger partial charge on any atom is 0.342 e. The Labute approximate surface area is 128 Å². The molecular formula is C15H19N3O4. The number of amides is 2. The van der Waals surface area contributed by atoms with Crippen molar-refractivity contribution in [3.63, 3.8) is 0 Å². The fraction of sp³-hybridized carbons (Fsp3) is 0.533. The molecule has 1 aliphatic rings. The van der Waals surface area contributed by atoms with Gasteiger partial charge in [-0.2, -0.15) is 5.26 Å². The lowest BCUT2D eigenvalue weighted by Gasteiger charge is -2.22. The summed E-state index contributed by atoms with van der Waals surface area (Å²) in [6.07, 6.45) is 5.28. The Balaban J connectivity index is 2.10. The van der Waals surface area contributed by atoms with Gasteiger partial charge in [0.1, 0.15) is 23.0 Å². The average Bonchev–Trinajstić information content (AvgIpc) is 2.82. The second-order valence-corrected chi connectivity index (χ2v) is 5.27. The smallest absolute Gasteiger partial charge is 0.342 e. The number of furan rings is 1. The van der Waals surface area contributed by atoms with Gasteiger partial charge in [-0.1, -0.05) is 19.3 Å². The third-order valence-electron chi connectivity index (χ3n) is 3.75. The first-order chi connectivity index (χ1) is 10.6. The van der Waals surface area contributed by atoms with Crippen LogP contribution in [0.4, 0.5) is 10.7 Å². The number of esters is 1.